The summed E-state index contributed by atoms with van der Waals surface area (Å²) in [6, 6.07) is 11.8. The molecule has 0 radical (unpaired) electrons. The van der Waals surface area contributed by atoms with E-state index in [2.05, 4.69) is 0 Å². The second kappa shape index (κ2) is 11.0. The number of carboxylic acids is 2. The highest BCUT2D eigenvalue weighted by Crippen LogP contribution is 2.31. The third-order valence-electron chi connectivity index (χ3n) is 5.37. The summed E-state index contributed by atoms with van der Waals surface area (Å²) in [6.45, 7) is 0.359. The van der Waals surface area contributed by atoms with Crippen molar-refractivity contribution in [3.63, 3.8) is 0 Å². The SMILES string of the molecule is COc1cc(OC[C@H](O)COc2cccc(CC3(C(=O)O)CCCO3)c2)ccc1CC(=O)O. The van der Waals surface area contributed by atoms with E-state index in [1.54, 1.807) is 36.4 Å². The Bertz CT molecular complexity index is 966. The van der Waals surface area contributed by atoms with Gasteiger partial charge >= 0.3 is 11.9 Å². The van der Waals surface area contributed by atoms with E-state index in [4.69, 9.17) is 24.1 Å². The van der Waals surface area contributed by atoms with Gasteiger partial charge in [-0.15, -0.1) is 0 Å². The van der Waals surface area contributed by atoms with Gasteiger partial charge in [-0.1, -0.05) is 18.2 Å². The molecule has 0 aliphatic carbocycles. The Kier molecular flexibility index (Phi) is 8.13. The van der Waals surface area contributed by atoms with E-state index in [0.717, 1.165) is 5.56 Å². The summed E-state index contributed by atoms with van der Waals surface area (Å²) in [4.78, 5) is 22.6. The smallest absolute Gasteiger partial charge is 0.336 e. The van der Waals surface area contributed by atoms with Crippen LogP contribution in [0, 0.1) is 0 Å². The molecular formula is C24H28O9. The summed E-state index contributed by atoms with van der Waals surface area (Å²) >= 11 is 0. The fourth-order valence-corrected chi connectivity index (χ4v) is 3.71. The number of carboxylic acid groups (broad SMARTS) is 2. The molecule has 1 fully saturated rings. The molecule has 1 unspecified atom stereocenters. The predicted octanol–water partition coefficient (Wildman–Crippen LogP) is 2.32. The first-order valence-corrected chi connectivity index (χ1v) is 10.6. The van der Waals surface area contributed by atoms with Crippen LogP contribution in [0.4, 0.5) is 0 Å². The van der Waals surface area contributed by atoms with E-state index in [9.17, 15) is 19.8 Å². The van der Waals surface area contributed by atoms with Crippen molar-refractivity contribution >= 4 is 11.9 Å². The number of hydrogen-bond acceptors (Lipinski definition) is 7. The van der Waals surface area contributed by atoms with Crippen molar-refractivity contribution in [2.45, 2.75) is 37.4 Å². The number of rotatable bonds is 12. The van der Waals surface area contributed by atoms with Gasteiger partial charge in [0.1, 0.15) is 36.6 Å². The molecule has 2 aromatic carbocycles. The Morgan fingerprint density at radius 1 is 1.09 bits per heavy atom. The molecule has 0 amide bonds. The molecule has 1 saturated heterocycles. The van der Waals surface area contributed by atoms with Crippen molar-refractivity contribution in [1.29, 1.82) is 0 Å². The van der Waals surface area contributed by atoms with Gasteiger partial charge < -0.3 is 34.3 Å². The minimum atomic E-state index is -1.20. The number of benzene rings is 2. The van der Waals surface area contributed by atoms with Crippen LogP contribution in [0.5, 0.6) is 17.2 Å². The number of ether oxygens (including phenoxy) is 4. The van der Waals surface area contributed by atoms with E-state index in [1.807, 2.05) is 6.07 Å². The highest BCUT2D eigenvalue weighted by molar-refractivity contribution is 5.78. The lowest BCUT2D eigenvalue weighted by molar-refractivity contribution is -0.159. The molecule has 2 aromatic rings. The van der Waals surface area contributed by atoms with Gasteiger partial charge in [-0.25, -0.2) is 4.79 Å². The summed E-state index contributed by atoms with van der Waals surface area (Å²) < 4.78 is 22.0. The molecule has 0 aromatic heterocycles. The zero-order valence-corrected chi connectivity index (χ0v) is 18.4. The number of aliphatic hydroxyl groups is 1. The molecule has 0 saturated carbocycles. The molecule has 2 atom stereocenters. The first-order chi connectivity index (χ1) is 15.8. The Morgan fingerprint density at radius 3 is 2.42 bits per heavy atom. The Labute approximate surface area is 191 Å². The van der Waals surface area contributed by atoms with Crippen LogP contribution in [0.15, 0.2) is 42.5 Å². The van der Waals surface area contributed by atoms with Gasteiger partial charge in [-0.3, -0.25) is 4.79 Å². The molecule has 3 N–H and O–H groups in total. The van der Waals surface area contributed by atoms with Crippen LogP contribution in [-0.2, 0) is 27.2 Å². The van der Waals surface area contributed by atoms with Gasteiger partial charge in [0.25, 0.3) is 0 Å². The minimum Gasteiger partial charge on any atom is -0.496 e. The average molecular weight is 460 g/mol. The normalized spacial score (nSPS) is 18.5. The number of aliphatic carboxylic acids is 2. The first-order valence-electron chi connectivity index (χ1n) is 10.6. The molecule has 0 spiro atoms. The lowest BCUT2D eigenvalue weighted by Gasteiger charge is -2.23. The molecule has 3 rings (SSSR count). The fourth-order valence-electron chi connectivity index (χ4n) is 3.71. The molecule has 1 aliphatic heterocycles. The summed E-state index contributed by atoms with van der Waals surface area (Å²) in [6.07, 6.45) is 0.319. The fraction of sp³-hybridized carbons (Fsp3) is 0.417. The number of methoxy groups -OCH3 is 1. The van der Waals surface area contributed by atoms with Crippen LogP contribution in [0.25, 0.3) is 0 Å². The molecule has 0 bridgehead atoms. The predicted molar refractivity (Wildman–Crippen MR) is 117 cm³/mol. The van der Waals surface area contributed by atoms with E-state index in [0.29, 0.717) is 42.3 Å². The van der Waals surface area contributed by atoms with Gasteiger partial charge in [0.2, 0.25) is 0 Å². The molecule has 178 valence electrons. The van der Waals surface area contributed by atoms with Crippen molar-refractivity contribution in [3.05, 3.63) is 53.6 Å². The van der Waals surface area contributed by atoms with Gasteiger partial charge in [-0.2, -0.15) is 0 Å². The highest BCUT2D eigenvalue weighted by atomic mass is 16.5. The second-order valence-corrected chi connectivity index (χ2v) is 7.90. The van der Waals surface area contributed by atoms with Crippen molar-refractivity contribution in [3.8, 4) is 17.2 Å². The van der Waals surface area contributed by atoms with E-state index in [1.165, 1.54) is 7.11 Å². The summed E-state index contributed by atoms with van der Waals surface area (Å²) in [7, 11) is 1.44. The van der Waals surface area contributed by atoms with Crippen molar-refractivity contribution in [2.75, 3.05) is 26.9 Å². The number of aliphatic hydroxyl groups excluding tert-OH is 1. The van der Waals surface area contributed by atoms with Gasteiger partial charge in [0.15, 0.2) is 5.60 Å². The number of carbonyl (C=O) groups is 2. The van der Waals surface area contributed by atoms with Crippen LogP contribution in [0.2, 0.25) is 0 Å². The van der Waals surface area contributed by atoms with Crippen LogP contribution in [-0.4, -0.2) is 65.9 Å². The maximum absolute atomic E-state index is 11.7. The van der Waals surface area contributed by atoms with Crippen LogP contribution >= 0.6 is 0 Å². The minimum absolute atomic E-state index is 0.0295. The standard InChI is InChI=1S/C24H28O9/c1-30-21-12-20(7-6-17(21)11-22(26)27)32-15-18(25)14-31-19-5-2-4-16(10-19)13-24(23(28)29)8-3-9-33-24/h2,4-7,10,12,18,25H,3,8-9,11,13-15H2,1H3,(H,26,27)(H,28,29)/t18-,24?/m1/s1. The van der Waals surface area contributed by atoms with Crippen molar-refractivity contribution < 1.29 is 43.9 Å². The summed E-state index contributed by atoms with van der Waals surface area (Å²) in [5.41, 5.74) is 0.0948. The maximum Gasteiger partial charge on any atom is 0.336 e. The van der Waals surface area contributed by atoms with E-state index < -0.39 is 23.6 Å². The Balaban J connectivity index is 1.52. The zero-order chi connectivity index (χ0) is 23.8. The topological polar surface area (TPSA) is 132 Å². The Hall–Kier alpha value is -3.30. The molecule has 33 heavy (non-hydrogen) atoms. The highest BCUT2D eigenvalue weighted by Gasteiger charge is 2.42. The number of hydrogen-bond donors (Lipinski definition) is 3. The first kappa shape index (κ1) is 24.3. The molecule has 1 heterocycles. The maximum atomic E-state index is 11.7. The quantitative estimate of drug-likeness (QED) is 0.436. The van der Waals surface area contributed by atoms with Crippen molar-refractivity contribution in [2.24, 2.45) is 0 Å². The average Bonchev–Trinajstić information content (AvgIpc) is 3.27. The van der Waals surface area contributed by atoms with E-state index in [-0.39, 0.29) is 26.1 Å². The third kappa shape index (κ3) is 6.59. The summed E-state index contributed by atoms with van der Waals surface area (Å²) in [5, 5.41) is 28.7. The molecular weight excluding hydrogens is 432 g/mol. The second-order valence-electron chi connectivity index (χ2n) is 7.90. The van der Waals surface area contributed by atoms with Crippen LogP contribution < -0.4 is 14.2 Å². The lowest BCUT2D eigenvalue weighted by Crippen LogP contribution is -2.40. The van der Waals surface area contributed by atoms with Gasteiger partial charge in [0.05, 0.1) is 13.5 Å². The van der Waals surface area contributed by atoms with E-state index >= 15 is 0 Å². The Morgan fingerprint density at radius 2 is 1.82 bits per heavy atom. The molecule has 9 nitrogen and oxygen atoms in total. The molecule has 1 aliphatic rings. The van der Waals surface area contributed by atoms with Crippen molar-refractivity contribution in [1.82, 2.24) is 0 Å². The third-order valence-corrected chi connectivity index (χ3v) is 5.37. The largest absolute Gasteiger partial charge is 0.496 e. The van der Waals surface area contributed by atoms with Crippen LogP contribution in [0.3, 0.4) is 0 Å². The zero-order valence-electron chi connectivity index (χ0n) is 18.4. The van der Waals surface area contributed by atoms with Gasteiger partial charge in [0, 0.05) is 24.7 Å². The lowest BCUT2D eigenvalue weighted by atomic mass is 9.91. The van der Waals surface area contributed by atoms with Crippen LogP contribution in [0.1, 0.15) is 24.0 Å². The molecule has 9 heteroatoms. The monoisotopic (exact) mass is 460 g/mol. The summed E-state index contributed by atoms with van der Waals surface area (Å²) in [5.74, 6) is -0.607. The van der Waals surface area contributed by atoms with Gasteiger partial charge in [-0.05, 0) is 36.6 Å².